The van der Waals surface area contributed by atoms with Crippen LogP contribution in [0.5, 0.6) is 0 Å². The number of rotatable bonds is 4. The van der Waals surface area contributed by atoms with Crippen LogP contribution in [0.4, 0.5) is 0 Å². The molecule has 0 bridgehead atoms. The molecule has 0 radical (unpaired) electrons. The Kier molecular flexibility index (Phi) is 3.54. The van der Waals surface area contributed by atoms with Gasteiger partial charge in [0.15, 0.2) is 0 Å². The maximum Gasteiger partial charge on any atom is 0.256 e. The maximum atomic E-state index is 10.6. The highest BCUT2D eigenvalue weighted by molar-refractivity contribution is 7.99. The summed E-state index contributed by atoms with van der Waals surface area (Å²) >= 11 is 1.49. The first-order chi connectivity index (χ1) is 6.09. The average molecular weight is 199 g/mol. The fourth-order valence-electron chi connectivity index (χ4n) is 0.787. The van der Waals surface area contributed by atoms with Gasteiger partial charge < -0.3 is 4.42 Å². The van der Waals surface area contributed by atoms with Gasteiger partial charge in [-0.2, -0.15) is 0 Å². The molecule has 3 nitrogen and oxygen atoms in total. The van der Waals surface area contributed by atoms with Gasteiger partial charge in [0, 0.05) is 12.2 Å². The zero-order chi connectivity index (χ0) is 9.84. The number of ketones is 1. The van der Waals surface area contributed by atoms with E-state index in [-0.39, 0.29) is 5.78 Å². The van der Waals surface area contributed by atoms with Gasteiger partial charge in [-0.25, -0.2) is 4.98 Å². The van der Waals surface area contributed by atoms with E-state index in [1.54, 1.807) is 6.92 Å². The third-order valence-electron chi connectivity index (χ3n) is 1.69. The zero-order valence-electron chi connectivity index (χ0n) is 8.09. The predicted octanol–water partition coefficient (Wildman–Crippen LogP) is 2.36. The molecule has 0 N–H and O–H groups in total. The summed E-state index contributed by atoms with van der Waals surface area (Å²) in [7, 11) is 0. The quantitative estimate of drug-likeness (QED) is 0.698. The van der Waals surface area contributed by atoms with Gasteiger partial charge >= 0.3 is 0 Å². The van der Waals surface area contributed by atoms with Crippen LogP contribution in [-0.4, -0.2) is 16.5 Å². The molecule has 0 atom stereocenters. The summed E-state index contributed by atoms with van der Waals surface area (Å²) in [6.45, 7) is 5.39. The van der Waals surface area contributed by atoms with Crippen molar-refractivity contribution in [3.63, 3.8) is 0 Å². The molecule has 0 aliphatic carbocycles. The fourth-order valence-corrected chi connectivity index (χ4v) is 1.74. The molecule has 72 valence electrons. The second kappa shape index (κ2) is 4.46. The molecule has 1 aromatic heterocycles. The number of aryl methyl sites for hydroxylation is 2. The molecule has 0 aliphatic rings. The van der Waals surface area contributed by atoms with Crippen molar-refractivity contribution in [1.29, 1.82) is 0 Å². The van der Waals surface area contributed by atoms with E-state index in [4.69, 9.17) is 4.42 Å². The molecule has 1 rings (SSSR count). The van der Waals surface area contributed by atoms with E-state index < -0.39 is 0 Å². The number of nitrogens with zero attached hydrogens (tertiary/aromatic N) is 1. The van der Waals surface area contributed by atoms with Crippen LogP contribution < -0.4 is 0 Å². The third-order valence-corrected chi connectivity index (χ3v) is 2.52. The van der Waals surface area contributed by atoms with E-state index in [9.17, 15) is 4.79 Å². The van der Waals surface area contributed by atoms with Crippen LogP contribution in [0.1, 0.15) is 24.8 Å². The van der Waals surface area contributed by atoms with Gasteiger partial charge in [0.25, 0.3) is 5.22 Å². The highest BCUT2D eigenvalue weighted by Gasteiger charge is 2.05. The topological polar surface area (TPSA) is 43.1 Å². The highest BCUT2D eigenvalue weighted by Crippen LogP contribution is 2.20. The molecule has 0 fully saturated rings. The van der Waals surface area contributed by atoms with Crippen LogP contribution in [0, 0.1) is 13.8 Å². The minimum atomic E-state index is 0.201. The number of hydrogen-bond donors (Lipinski definition) is 0. The number of aromatic nitrogens is 1. The lowest BCUT2D eigenvalue weighted by Gasteiger charge is -1.92. The van der Waals surface area contributed by atoms with E-state index in [0.29, 0.717) is 11.6 Å². The van der Waals surface area contributed by atoms with Crippen LogP contribution in [0.25, 0.3) is 0 Å². The van der Waals surface area contributed by atoms with Crippen LogP contribution in [0.15, 0.2) is 9.64 Å². The van der Waals surface area contributed by atoms with Crippen LogP contribution in [-0.2, 0) is 4.79 Å². The molecule has 0 amide bonds. The zero-order valence-corrected chi connectivity index (χ0v) is 8.90. The molecule has 0 unspecified atom stereocenters. The molecule has 13 heavy (non-hydrogen) atoms. The highest BCUT2D eigenvalue weighted by atomic mass is 32.2. The summed E-state index contributed by atoms with van der Waals surface area (Å²) in [4.78, 5) is 14.8. The summed E-state index contributed by atoms with van der Waals surface area (Å²) in [5, 5.41) is 0.663. The van der Waals surface area contributed by atoms with Gasteiger partial charge in [-0.3, -0.25) is 4.79 Å². The Balaban J connectivity index is 2.41. The van der Waals surface area contributed by atoms with Gasteiger partial charge in [0.05, 0.1) is 5.69 Å². The summed E-state index contributed by atoms with van der Waals surface area (Å²) < 4.78 is 5.34. The van der Waals surface area contributed by atoms with E-state index in [1.165, 1.54) is 11.8 Å². The Morgan fingerprint density at radius 2 is 2.23 bits per heavy atom. The van der Waals surface area contributed by atoms with Crippen molar-refractivity contribution in [2.75, 3.05) is 5.75 Å². The summed E-state index contributed by atoms with van der Waals surface area (Å²) in [6, 6.07) is 0. The molecule has 1 heterocycles. The number of thioether (sulfide) groups is 1. The van der Waals surface area contributed by atoms with E-state index in [0.717, 1.165) is 17.2 Å². The van der Waals surface area contributed by atoms with E-state index in [1.807, 2.05) is 13.8 Å². The molecule has 0 aliphatic heterocycles. The Morgan fingerprint density at radius 1 is 1.54 bits per heavy atom. The first-order valence-corrected chi connectivity index (χ1v) is 5.14. The molecular weight excluding hydrogens is 186 g/mol. The normalized spacial score (nSPS) is 10.4. The Labute approximate surface area is 81.9 Å². The Hall–Kier alpha value is -0.770. The molecule has 0 aromatic carbocycles. The van der Waals surface area contributed by atoms with Gasteiger partial charge in [-0.15, -0.1) is 0 Å². The summed E-state index contributed by atoms with van der Waals surface area (Å²) in [6.07, 6.45) is 0.575. The summed E-state index contributed by atoms with van der Waals surface area (Å²) in [5.41, 5.74) is 0.922. The third kappa shape index (κ3) is 3.22. The number of hydrogen-bond acceptors (Lipinski definition) is 4. The maximum absolute atomic E-state index is 10.6. The van der Waals surface area contributed by atoms with Gasteiger partial charge in [0.1, 0.15) is 11.5 Å². The van der Waals surface area contributed by atoms with Crippen molar-refractivity contribution >= 4 is 17.5 Å². The molecule has 1 aromatic rings. The molecule has 4 heteroatoms. The summed E-state index contributed by atoms with van der Waals surface area (Å²) in [5.74, 6) is 1.80. The number of Topliss-reactive ketones (excluding diaryl/α,β-unsaturated/α-hetero) is 1. The first kappa shape index (κ1) is 10.3. The van der Waals surface area contributed by atoms with Crippen LogP contribution in [0.3, 0.4) is 0 Å². The van der Waals surface area contributed by atoms with E-state index in [2.05, 4.69) is 4.98 Å². The molecular formula is C9H13NO2S. The fraction of sp³-hybridized carbons (Fsp3) is 0.556. The van der Waals surface area contributed by atoms with Crippen molar-refractivity contribution in [3.8, 4) is 0 Å². The van der Waals surface area contributed by atoms with E-state index >= 15 is 0 Å². The Morgan fingerprint density at radius 3 is 2.69 bits per heavy atom. The minimum Gasteiger partial charge on any atom is -0.437 e. The van der Waals surface area contributed by atoms with Crippen molar-refractivity contribution in [2.45, 2.75) is 32.4 Å². The van der Waals surface area contributed by atoms with Crippen molar-refractivity contribution in [2.24, 2.45) is 0 Å². The van der Waals surface area contributed by atoms with Gasteiger partial charge in [0.2, 0.25) is 0 Å². The monoisotopic (exact) mass is 199 g/mol. The average Bonchev–Trinajstić information content (AvgIpc) is 2.30. The number of carbonyl (C=O) groups excluding carboxylic acids is 1. The van der Waals surface area contributed by atoms with Crippen LogP contribution >= 0.6 is 11.8 Å². The lowest BCUT2D eigenvalue weighted by molar-refractivity contribution is -0.116. The van der Waals surface area contributed by atoms with Crippen molar-refractivity contribution in [1.82, 2.24) is 4.98 Å². The SMILES string of the molecule is CC(=O)CCSc1nc(C)c(C)o1. The molecule has 0 spiro atoms. The smallest absolute Gasteiger partial charge is 0.256 e. The van der Waals surface area contributed by atoms with Gasteiger partial charge in [-0.1, -0.05) is 11.8 Å². The van der Waals surface area contributed by atoms with Gasteiger partial charge in [-0.05, 0) is 20.8 Å². The molecule has 0 saturated carbocycles. The lowest BCUT2D eigenvalue weighted by Crippen LogP contribution is -1.91. The van der Waals surface area contributed by atoms with Crippen molar-refractivity contribution < 1.29 is 9.21 Å². The van der Waals surface area contributed by atoms with Crippen molar-refractivity contribution in [3.05, 3.63) is 11.5 Å². The molecule has 0 saturated heterocycles. The predicted molar refractivity (Wildman–Crippen MR) is 52.0 cm³/mol. The minimum absolute atomic E-state index is 0.201. The standard InChI is InChI=1S/C9H13NO2S/c1-6(11)4-5-13-9-10-7(2)8(3)12-9/h4-5H2,1-3H3. The first-order valence-electron chi connectivity index (χ1n) is 4.16. The second-order valence-corrected chi connectivity index (χ2v) is 3.97. The van der Waals surface area contributed by atoms with Crippen LogP contribution in [0.2, 0.25) is 0 Å². The number of carbonyl (C=O) groups is 1. The largest absolute Gasteiger partial charge is 0.437 e. The number of oxazole rings is 1. The second-order valence-electron chi connectivity index (χ2n) is 2.92. The lowest BCUT2D eigenvalue weighted by atomic mass is 10.4. The Bertz CT molecular complexity index is 287.